The van der Waals surface area contributed by atoms with Gasteiger partial charge < -0.3 is 5.11 Å². The Morgan fingerprint density at radius 3 is 2.67 bits per heavy atom. The summed E-state index contributed by atoms with van der Waals surface area (Å²) in [5, 5.41) is 9.15. The van der Waals surface area contributed by atoms with Crippen molar-refractivity contribution in [3.8, 4) is 0 Å². The molecule has 0 saturated heterocycles. The molecule has 0 fully saturated rings. The Balaban J connectivity index is 3.34. The van der Waals surface area contributed by atoms with Gasteiger partial charge in [-0.2, -0.15) is 0 Å². The molecule has 0 amide bonds. The minimum atomic E-state index is -3.13. The molecule has 1 rings (SSSR count). The van der Waals surface area contributed by atoms with E-state index in [2.05, 4.69) is 0 Å². The van der Waals surface area contributed by atoms with Crippen LogP contribution in [-0.4, -0.2) is 11.1 Å². The summed E-state index contributed by atoms with van der Waals surface area (Å²) in [6.07, 6.45) is -2.24. The normalized spacial score (nSPS) is 28.2. The molecule has 0 aliphatic rings. The van der Waals surface area contributed by atoms with Crippen LogP contribution in [0, 0.1) is 5.92 Å². The van der Waals surface area contributed by atoms with E-state index in [4.69, 9.17) is 17.4 Å². The van der Waals surface area contributed by atoms with Gasteiger partial charge in [0, 0.05) is 12.3 Å². The van der Waals surface area contributed by atoms with Crippen LogP contribution in [0.1, 0.15) is 50.0 Å². The number of benzene rings is 1. The zero-order chi connectivity index (χ0) is 19.1. The first-order valence-electron chi connectivity index (χ1n) is 8.90. The Kier molecular flexibility index (Phi) is 1.42. The van der Waals surface area contributed by atoms with Gasteiger partial charge in [0.25, 0.3) is 0 Å². The van der Waals surface area contributed by atoms with Gasteiger partial charge >= 0.3 is 5.97 Å². The molecule has 1 N–H and O–H groups in total. The zero-order valence-electron chi connectivity index (χ0n) is 17.2. The van der Waals surface area contributed by atoms with Gasteiger partial charge in [0.2, 0.25) is 0 Å². The molecule has 0 aliphatic carbocycles. The SMILES string of the molecule is [2H]C([2H])([2H])C(C)C([2H])([2H])c1ccc(C([2H])(C(=O)O)C([2H])([2H])[2H])cc1. The van der Waals surface area contributed by atoms with Crippen molar-refractivity contribution >= 4 is 5.97 Å². The van der Waals surface area contributed by atoms with Gasteiger partial charge in [0.1, 0.15) is 0 Å². The second-order valence-electron chi connectivity index (χ2n) is 3.12. The van der Waals surface area contributed by atoms with Crippen LogP contribution in [0.3, 0.4) is 0 Å². The van der Waals surface area contributed by atoms with E-state index in [0.29, 0.717) is 0 Å². The molecule has 0 bridgehead atoms. The highest BCUT2D eigenvalue weighted by Crippen LogP contribution is 2.17. The van der Waals surface area contributed by atoms with E-state index < -0.39 is 37.9 Å². The van der Waals surface area contributed by atoms with Crippen LogP contribution >= 0.6 is 0 Å². The average Bonchev–Trinajstić information content (AvgIpc) is 2.43. The lowest BCUT2D eigenvalue weighted by Crippen LogP contribution is -2.07. The summed E-state index contributed by atoms with van der Waals surface area (Å²) in [6.45, 7) is -4.44. The number of rotatable bonds is 4. The standard InChI is InChI=1S/C13H18O2/c1-9(2)8-11-4-6-12(7-5-11)10(3)13(14)15/h4-7,9-10H,8H2,1-3H3,(H,14,15)/i1D3,3D3,8D2,10D. The highest BCUT2D eigenvalue weighted by Gasteiger charge is 2.12. The van der Waals surface area contributed by atoms with Crippen LogP contribution in [0.15, 0.2) is 24.3 Å². The summed E-state index contributed by atoms with van der Waals surface area (Å²) in [7, 11) is 0. The fraction of sp³-hybridized carbons (Fsp3) is 0.462. The molecule has 2 heteroatoms. The second-order valence-corrected chi connectivity index (χ2v) is 3.12. The van der Waals surface area contributed by atoms with E-state index in [1.165, 1.54) is 6.92 Å². The lowest BCUT2D eigenvalue weighted by Gasteiger charge is -2.09. The number of carboxylic acid groups (broad SMARTS) is 1. The summed E-state index contributed by atoms with van der Waals surface area (Å²) >= 11 is 0. The van der Waals surface area contributed by atoms with Crippen molar-refractivity contribution in [3.63, 3.8) is 0 Å². The van der Waals surface area contributed by atoms with E-state index >= 15 is 0 Å². The van der Waals surface area contributed by atoms with Crippen LogP contribution in [0.4, 0.5) is 0 Å². The minimum Gasteiger partial charge on any atom is -0.481 e. The van der Waals surface area contributed by atoms with Crippen molar-refractivity contribution in [1.29, 1.82) is 0 Å². The van der Waals surface area contributed by atoms with Gasteiger partial charge in [-0.1, -0.05) is 38.0 Å². The van der Waals surface area contributed by atoms with Crippen LogP contribution in [-0.2, 0) is 11.2 Å². The topological polar surface area (TPSA) is 37.3 Å². The average molecular weight is 215 g/mol. The molecule has 0 aliphatic heterocycles. The van der Waals surface area contributed by atoms with E-state index in [9.17, 15) is 4.79 Å². The van der Waals surface area contributed by atoms with E-state index in [0.717, 1.165) is 24.3 Å². The maximum Gasteiger partial charge on any atom is 0.310 e. The third kappa shape index (κ3) is 3.39. The first-order chi connectivity index (χ1) is 10.6. The van der Waals surface area contributed by atoms with E-state index in [-0.39, 0.29) is 11.1 Å². The molecule has 2 nitrogen and oxygen atoms in total. The summed E-state index contributed by atoms with van der Waals surface area (Å²) in [5.41, 5.74) is -0.371. The summed E-state index contributed by atoms with van der Waals surface area (Å²) in [6, 6.07) is 4.31. The van der Waals surface area contributed by atoms with Crippen molar-refractivity contribution < 1.29 is 22.2 Å². The molecule has 0 heterocycles. The number of hydrogen-bond donors (Lipinski definition) is 1. The van der Waals surface area contributed by atoms with Crippen molar-refractivity contribution in [2.75, 3.05) is 0 Å². The van der Waals surface area contributed by atoms with Crippen molar-refractivity contribution in [3.05, 3.63) is 35.4 Å². The first-order valence-corrected chi connectivity index (χ1v) is 4.40. The predicted octanol–water partition coefficient (Wildman–Crippen LogP) is 3.07. The molecule has 0 radical (unpaired) electrons. The maximum absolute atomic E-state index is 11.3. The molecule has 1 aromatic rings. The Hall–Kier alpha value is -1.31. The molecule has 15 heavy (non-hydrogen) atoms. The Morgan fingerprint density at radius 1 is 1.53 bits per heavy atom. The van der Waals surface area contributed by atoms with E-state index in [1.54, 1.807) is 0 Å². The van der Waals surface area contributed by atoms with E-state index in [1.807, 2.05) is 0 Å². The lowest BCUT2D eigenvalue weighted by atomic mass is 9.97. The molecule has 0 spiro atoms. The lowest BCUT2D eigenvalue weighted by molar-refractivity contribution is -0.138. The van der Waals surface area contributed by atoms with Crippen LogP contribution in [0.5, 0.6) is 0 Å². The maximum atomic E-state index is 11.3. The molecule has 0 aromatic heterocycles. The summed E-state index contributed by atoms with van der Waals surface area (Å²) < 4.78 is 67.7. The largest absolute Gasteiger partial charge is 0.481 e. The first kappa shape index (κ1) is 4.28. The number of aliphatic carboxylic acids is 1. The molecule has 2 atom stereocenters. The van der Waals surface area contributed by atoms with Gasteiger partial charge in [-0.15, -0.1) is 0 Å². The molecular formula is C13H18O2. The van der Waals surface area contributed by atoms with Gasteiger partial charge in [-0.25, -0.2) is 0 Å². The summed E-state index contributed by atoms with van der Waals surface area (Å²) in [4.78, 5) is 11.3. The Bertz CT molecular complexity index is 603. The van der Waals surface area contributed by atoms with Crippen molar-refractivity contribution in [1.82, 2.24) is 0 Å². The highest BCUT2D eigenvalue weighted by atomic mass is 16.4. The number of carboxylic acids is 1. The molecule has 82 valence electrons. The third-order valence-corrected chi connectivity index (χ3v) is 1.77. The predicted molar refractivity (Wildman–Crippen MR) is 61.0 cm³/mol. The molecule has 0 saturated carbocycles. The molecular weight excluding hydrogens is 188 g/mol. The Morgan fingerprint density at radius 2 is 2.20 bits per heavy atom. The zero-order valence-corrected chi connectivity index (χ0v) is 8.24. The second kappa shape index (κ2) is 4.96. The van der Waals surface area contributed by atoms with Gasteiger partial charge in [0.05, 0.1) is 5.89 Å². The quantitative estimate of drug-likeness (QED) is 0.838. The molecule has 2 unspecified atom stereocenters. The monoisotopic (exact) mass is 215 g/mol. The minimum absolute atomic E-state index is 0.0341. The summed E-state index contributed by atoms with van der Waals surface area (Å²) in [5.74, 6) is -6.08. The van der Waals surface area contributed by atoms with Gasteiger partial charge in [-0.3, -0.25) is 4.79 Å². The number of hydrogen-bond acceptors (Lipinski definition) is 1. The van der Waals surface area contributed by atoms with Crippen molar-refractivity contribution in [2.24, 2.45) is 5.92 Å². The van der Waals surface area contributed by atoms with Crippen LogP contribution in [0.25, 0.3) is 0 Å². The smallest absolute Gasteiger partial charge is 0.310 e. The fourth-order valence-electron chi connectivity index (χ4n) is 1.11. The van der Waals surface area contributed by atoms with Gasteiger partial charge in [-0.05, 0) is 30.3 Å². The highest BCUT2D eigenvalue weighted by molar-refractivity contribution is 5.75. The van der Waals surface area contributed by atoms with Gasteiger partial charge in [0.15, 0.2) is 0 Å². The van der Waals surface area contributed by atoms with Crippen LogP contribution < -0.4 is 0 Å². The Labute approximate surface area is 104 Å². The third-order valence-electron chi connectivity index (χ3n) is 1.77. The number of carbonyl (C=O) groups is 1. The van der Waals surface area contributed by atoms with Crippen LogP contribution in [0.2, 0.25) is 0 Å². The van der Waals surface area contributed by atoms with Crippen molar-refractivity contribution in [2.45, 2.75) is 32.9 Å². The fourth-order valence-corrected chi connectivity index (χ4v) is 1.11. The molecule has 1 aromatic carbocycles.